The van der Waals surface area contributed by atoms with Crippen molar-refractivity contribution >= 4 is 5.82 Å². The van der Waals surface area contributed by atoms with Gasteiger partial charge in [-0.25, -0.2) is 4.98 Å². The zero-order valence-corrected chi connectivity index (χ0v) is 12.3. The number of hydrogen-bond acceptors (Lipinski definition) is 3. The molecule has 1 aromatic carbocycles. The summed E-state index contributed by atoms with van der Waals surface area (Å²) in [6, 6.07) is 6.53. The molecule has 0 bridgehead atoms. The van der Waals surface area contributed by atoms with E-state index in [4.69, 9.17) is 5.73 Å². The Morgan fingerprint density at radius 3 is 2.57 bits per heavy atom. The number of rotatable bonds is 5. The highest BCUT2D eigenvalue weighted by Crippen LogP contribution is 2.34. The van der Waals surface area contributed by atoms with E-state index in [0.29, 0.717) is 23.0 Å². The third-order valence-electron chi connectivity index (χ3n) is 3.10. The summed E-state index contributed by atoms with van der Waals surface area (Å²) < 4.78 is 31.4. The molecule has 1 heterocycles. The predicted octanol–water partition coefficient (Wildman–Crippen LogP) is 3.70. The minimum absolute atomic E-state index is 0.0772. The zero-order valence-electron chi connectivity index (χ0n) is 12.3. The van der Waals surface area contributed by atoms with E-state index in [0.717, 1.165) is 12.4 Å². The van der Waals surface area contributed by atoms with Gasteiger partial charge < -0.3 is 15.0 Å². The predicted molar refractivity (Wildman–Crippen MR) is 78.3 cm³/mol. The second kappa shape index (κ2) is 6.11. The largest absolute Gasteiger partial charge is 0.434 e. The monoisotopic (exact) mass is 295 g/mol. The summed E-state index contributed by atoms with van der Waals surface area (Å²) in [7, 11) is 0. The number of imidazole rings is 1. The van der Waals surface area contributed by atoms with Crippen LogP contribution >= 0.6 is 0 Å². The third-order valence-corrected chi connectivity index (χ3v) is 3.10. The summed E-state index contributed by atoms with van der Waals surface area (Å²) in [5, 5.41) is 0. The number of aryl methyl sites for hydroxylation is 1. The minimum Gasteiger partial charge on any atom is -0.434 e. The molecular formula is C15H19F2N3O. The van der Waals surface area contributed by atoms with Gasteiger partial charge in [-0.3, -0.25) is 0 Å². The Bertz CT molecular complexity index is 623. The maximum atomic E-state index is 12.5. The Balaban J connectivity index is 2.48. The van der Waals surface area contributed by atoms with Gasteiger partial charge in [-0.15, -0.1) is 0 Å². The van der Waals surface area contributed by atoms with Gasteiger partial charge in [0.1, 0.15) is 23.1 Å². The number of aromatic nitrogens is 2. The minimum atomic E-state index is -2.88. The molecule has 1 aromatic heterocycles. The van der Waals surface area contributed by atoms with Crippen molar-refractivity contribution in [2.24, 2.45) is 5.92 Å². The van der Waals surface area contributed by atoms with Gasteiger partial charge in [0.25, 0.3) is 0 Å². The average Bonchev–Trinajstić information content (AvgIpc) is 2.66. The van der Waals surface area contributed by atoms with E-state index in [1.807, 2.05) is 11.5 Å². The molecule has 0 aliphatic heterocycles. The molecule has 4 nitrogen and oxygen atoms in total. The van der Waals surface area contributed by atoms with Crippen LogP contribution in [0, 0.1) is 12.8 Å². The highest BCUT2D eigenvalue weighted by Gasteiger charge is 2.19. The number of nitrogens with zero attached hydrogens (tertiary/aromatic N) is 2. The Labute approximate surface area is 122 Å². The van der Waals surface area contributed by atoms with Crippen molar-refractivity contribution in [2.75, 3.05) is 5.73 Å². The molecule has 21 heavy (non-hydrogen) atoms. The van der Waals surface area contributed by atoms with E-state index in [-0.39, 0.29) is 5.75 Å². The van der Waals surface area contributed by atoms with Crippen LogP contribution in [0.2, 0.25) is 0 Å². The summed E-state index contributed by atoms with van der Waals surface area (Å²) in [5.74, 6) is 1.70. The van der Waals surface area contributed by atoms with Crippen molar-refractivity contribution in [3.63, 3.8) is 0 Å². The number of nitrogens with two attached hydrogens (primary N) is 1. The van der Waals surface area contributed by atoms with Gasteiger partial charge in [0.15, 0.2) is 0 Å². The molecule has 2 rings (SSSR count). The van der Waals surface area contributed by atoms with Crippen molar-refractivity contribution in [2.45, 2.75) is 33.9 Å². The molecule has 0 amide bonds. The number of benzene rings is 1. The highest BCUT2D eigenvalue weighted by atomic mass is 19.3. The lowest BCUT2D eigenvalue weighted by Gasteiger charge is -2.11. The fraction of sp³-hybridized carbons (Fsp3) is 0.400. The Hall–Kier alpha value is -2.11. The molecule has 2 aromatic rings. The molecule has 114 valence electrons. The Morgan fingerprint density at radius 2 is 1.95 bits per heavy atom. The van der Waals surface area contributed by atoms with Gasteiger partial charge >= 0.3 is 6.61 Å². The van der Waals surface area contributed by atoms with E-state index in [1.54, 1.807) is 18.2 Å². The van der Waals surface area contributed by atoms with Crippen LogP contribution in [0.15, 0.2) is 24.3 Å². The second-order valence-corrected chi connectivity index (χ2v) is 5.27. The summed E-state index contributed by atoms with van der Waals surface area (Å²) in [5.41, 5.74) is 7.09. The van der Waals surface area contributed by atoms with Crippen LogP contribution in [0.1, 0.15) is 19.7 Å². The van der Waals surface area contributed by atoms with E-state index in [1.165, 1.54) is 6.07 Å². The van der Waals surface area contributed by atoms with Crippen LogP contribution in [-0.4, -0.2) is 16.2 Å². The quantitative estimate of drug-likeness (QED) is 0.915. The molecule has 0 unspecified atom stereocenters. The molecule has 0 spiro atoms. The van der Waals surface area contributed by atoms with Crippen LogP contribution in [0.5, 0.6) is 5.75 Å². The van der Waals surface area contributed by atoms with Gasteiger partial charge in [0, 0.05) is 12.1 Å². The third kappa shape index (κ3) is 3.32. The second-order valence-electron chi connectivity index (χ2n) is 5.27. The first kappa shape index (κ1) is 15.3. The molecule has 0 saturated heterocycles. The van der Waals surface area contributed by atoms with Crippen molar-refractivity contribution in [3.05, 3.63) is 30.1 Å². The molecule has 0 atom stereocenters. The number of ether oxygens (including phenoxy) is 1. The molecule has 0 saturated carbocycles. The van der Waals surface area contributed by atoms with E-state index < -0.39 is 6.61 Å². The van der Waals surface area contributed by atoms with Crippen LogP contribution in [-0.2, 0) is 6.54 Å². The lowest BCUT2D eigenvalue weighted by Crippen LogP contribution is -2.09. The summed E-state index contributed by atoms with van der Waals surface area (Å²) in [6.07, 6.45) is 0. The molecule has 0 aliphatic carbocycles. The van der Waals surface area contributed by atoms with E-state index in [2.05, 4.69) is 23.6 Å². The van der Waals surface area contributed by atoms with Gasteiger partial charge in [-0.2, -0.15) is 8.78 Å². The van der Waals surface area contributed by atoms with Crippen LogP contribution < -0.4 is 10.5 Å². The van der Waals surface area contributed by atoms with Crippen molar-refractivity contribution in [3.8, 4) is 17.0 Å². The fourth-order valence-corrected chi connectivity index (χ4v) is 2.24. The normalized spacial score (nSPS) is 11.4. The number of para-hydroxylation sites is 1. The maximum absolute atomic E-state index is 12.5. The lowest BCUT2D eigenvalue weighted by atomic mass is 10.1. The molecule has 0 radical (unpaired) electrons. The molecule has 0 fully saturated rings. The van der Waals surface area contributed by atoms with E-state index >= 15 is 0 Å². The van der Waals surface area contributed by atoms with Gasteiger partial charge in [0.2, 0.25) is 0 Å². The summed E-state index contributed by atoms with van der Waals surface area (Å²) >= 11 is 0. The smallest absolute Gasteiger partial charge is 0.387 e. The number of hydrogen-bond donors (Lipinski definition) is 1. The zero-order chi connectivity index (χ0) is 15.6. The average molecular weight is 295 g/mol. The Kier molecular flexibility index (Phi) is 4.45. The molecule has 2 N–H and O–H groups in total. The first-order chi connectivity index (χ1) is 9.90. The van der Waals surface area contributed by atoms with Crippen LogP contribution in [0.25, 0.3) is 11.3 Å². The first-order valence-electron chi connectivity index (χ1n) is 6.77. The van der Waals surface area contributed by atoms with Crippen LogP contribution in [0.4, 0.5) is 14.6 Å². The number of nitrogen functional groups attached to an aromatic ring is 1. The number of halogens is 2. The standard InChI is InChI=1S/C15H19F2N3O/c1-9(2)8-20-10(3)19-13(14(20)18)11-6-4-5-7-12(11)21-15(16)17/h4-7,9,15H,8,18H2,1-3H3. The van der Waals surface area contributed by atoms with Crippen molar-refractivity contribution in [1.82, 2.24) is 9.55 Å². The summed E-state index contributed by atoms with van der Waals surface area (Å²) in [6.45, 7) is 3.84. The highest BCUT2D eigenvalue weighted by molar-refractivity contribution is 5.76. The molecular weight excluding hydrogens is 276 g/mol. The SMILES string of the molecule is Cc1nc(-c2ccccc2OC(F)F)c(N)n1CC(C)C. The van der Waals surface area contributed by atoms with Gasteiger partial charge in [-0.1, -0.05) is 26.0 Å². The van der Waals surface area contributed by atoms with Crippen molar-refractivity contribution in [1.29, 1.82) is 0 Å². The number of anilines is 1. The number of alkyl halides is 2. The van der Waals surface area contributed by atoms with Crippen LogP contribution in [0.3, 0.4) is 0 Å². The fourth-order valence-electron chi connectivity index (χ4n) is 2.24. The molecule has 6 heteroatoms. The Morgan fingerprint density at radius 1 is 1.29 bits per heavy atom. The first-order valence-corrected chi connectivity index (χ1v) is 6.77. The topological polar surface area (TPSA) is 53.1 Å². The van der Waals surface area contributed by atoms with Crippen molar-refractivity contribution < 1.29 is 13.5 Å². The summed E-state index contributed by atoms with van der Waals surface area (Å²) in [4.78, 5) is 4.41. The van der Waals surface area contributed by atoms with Gasteiger partial charge in [-0.05, 0) is 25.0 Å². The van der Waals surface area contributed by atoms with Gasteiger partial charge in [0.05, 0.1) is 0 Å². The maximum Gasteiger partial charge on any atom is 0.387 e. The lowest BCUT2D eigenvalue weighted by molar-refractivity contribution is -0.0494. The molecule has 0 aliphatic rings. The van der Waals surface area contributed by atoms with E-state index in [9.17, 15) is 8.78 Å².